The quantitative estimate of drug-likeness (QED) is 0.862. The molecule has 0 radical (unpaired) electrons. The molecule has 2 aromatic rings. The van der Waals surface area contributed by atoms with Gasteiger partial charge in [0.25, 0.3) is 0 Å². The summed E-state index contributed by atoms with van der Waals surface area (Å²) in [4.78, 5) is 15.3. The van der Waals surface area contributed by atoms with Crippen molar-refractivity contribution >= 4 is 5.97 Å². The van der Waals surface area contributed by atoms with Gasteiger partial charge in [-0.05, 0) is 25.5 Å². The van der Waals surface area contributed by atoms with Gasteiger partial charge in [0.15, 0.2) is 0 Å². The number of nitrogens with one attached hydrogen (secondary N) is 1. The normalized spacial score (nSPS) is 10.6. The second-order valence-corrected chi connectivity index (χ2v) is 4.32. The number of rotatable bonds is 5. The molecule has 1 aromatic heterocycles. The molecule has 0 saturated carbocycles. The van der Waals surface area contributed by atoms with E-state index < -0.39 is 5.97 Å². The van der Waals surface area contributed by atoms with Gasteiger partial charge in [0, 0.05) is 6.54 Å². The molecule has 1 heterocycles. The van der Waals surface area contributed by atoms with Crippen LogP contribution in [-0.4, -0.2) is 16.1 Å². The summed E-state index contributed by atoms with van der Waals surface area (Å²) in [5.74, 6) is 0.505. The van der Waals surface area contributed by atoms with Crippen LogP contribution in [0.15, 0.2) is 28.7 Å². The third kappa shape index (κ3) is 3.20. The Balaban J connectivity index is 1.98. The zero-order chi connectivity index (χ0) is 13.8. The van der Waals surface area contributed by atoms with E-state index in [-0.39, 0.29) is 0 Å². The van der Waals surface area contributed by atoms with E-state index in [1.807, 2.05) is 19.9 Å². The van der Waals surface area contributed by atoms with Crippen LogP contribution in [0.5, 0.6) is 0 Å². The Labute approximate surface area is 111 Å². The average molecular weight is 260 g/mol. The van der Waals surface area contributed by atoms with Crippen molar-refractivity contribution in [3.63, 3.8) is 0 Å². The molecule has 0 aliphatic rings. The van der Waals surface area contributed by atoms with Crippen LogP contribution >= 0.6 is 0 Å². The summed E-state index contributed by atoms with van der Waals surface area (Å²) in [7, 11) is 0. The second kappa shape index (κ2) is 5.67. The minimum Gasteiger partial charge on any atom is -0.478 e. The molecule has 0 aliphatic heterocycles. The van der Waals surface area contributed by atoms with E-state index in [2.05, 4.69) is 10.3 Å². The summed E-state index contributed by atoms with van der Waals surface area (Å²) in [6.45, 7) is 4.69. The number of carboxylic acid groups (broad SMARTS) is 1. The number of benzene rings is 1. The van der Waals surface area contributed by atoms with E-state index in [4.69, 9.17) is 9.52 Å². The van der Waals surface area contributed by atoms with Crippen molar-refractivity contribution in [2.75, 3.05) is 0 Å². The SMILES string of the molecule is Cc1nc(CNCc2ccccc2C(=O)O)oc1C. The number of carboxylic acids is 1. The first-order valence-corrected chi connectivity index (χ1v) is 6.02. The number of aromatic nitrogens is 1. The van der Waals surface area contributed by atoms with E-state index in [1.165, 1.54) is 0 Å². The summed E-state index contributed by atoms with van der Waals surface area (Å²) in [5, 5.41) is 12.2. The van der Waals surface area contributed by atoms with Crippen molar-refractivity contribution in [3.05, 3.63) is 52.7 Å². The smallest absolute Gasteiger partial charge is 0.336 e. The molecule has 1 aromatic carbocycles. The first-order valence-electron chi connectivity index (χ1n) is 6.02. The molecule has 0 aliphatic carbocycles. The summed E-state index contributed by atoms with van der Waals surface area (Å²) in [6, 6.07) is 6.93. The summed E-state index contributed by atoms with van der Waals surface area (Å²) >= 11 is 0. The maximum absolute atomic E-state index is 11.0. The molecule has 0 amide bonds. The fourth-order valence-corrected chi connectivity index (χ4v) is 1.80. The highest BCUT2D eigenvalue weighted by molar-refractivity contribution is 5.89. The van der Waals surface area contributed by atoms with Crippen molar-refractivity contribution in [1.29, 1.82) is 0 Å². The molecule has 0 spiro atoms. The van der Waals surface area contributed by atoms with Crippen molar-refractivity contribution in [1.82, 2.24) is 10.3 Å². The zero-order valence-corrected chi connectivity index (χ0v) is 10.9. The van der Waals surface area contributed by atoms with Crippen LogP contribution in [0.4, 0.5) is 0 Å². The van der Waals surface area contributed by atoms with Crippen LogP contribution in [0.25, 0.3) is 0 Å². The molecule has 2 rings (SSSR count). The molecule has 0 bridgehead atoms. The lowest BCUT2D eigenvalue weighted by Gasteiger charge is -2.06. The molecule has 100 valence electrons. The highest BCUT2D eigenvalue weighted by atomic mass is 16.4. The fraction of sp³-hybridized carbons (Fsp3) is 0.286. The Bertz CT molecular complexity index is 571. The summed E-state index contributed by atoms with van der Waals surface area (Å²) in [6.07, 6.45) is 0. The molecule has 5 nitrogen and oxygen atoms in total. The number of hydrogen-bond donors (Lipinski definition) is 2. The Morgan fingerprint density at radius 3 is 2.68 bits per heavy atom. The molecule has 0 unspecified atom stereocenters. The Kier molecular flexibility index (Phi) is 3.97. The number of aryl methyl sites for hydroxylation is 2. The van der Waals surface area contributed by atoms with Crippen LogP contribution < -0.4 is 5.32 Å². The van der Waals surface area contributed by atoms with Crippen LogP contribution in [0.3, 0.4) is 0 Å². The zero-order valence-electron chi connectivity index (χ0n) is 10.9. The molecule has 19 heavy (non-hydrogen) atoms. The minimum absolute atomic E-state index is 0.315. The third-order valence-electron chi connectivity index (χ3n) is 2.91. The van der Waals surface area contributed by atoms with Gasteiger partial charge in [0.2, 0.25) is 5.89 Å². The Morgan fingerprint density at radius 2 is 2.05 bits per heavy atom. The van der Waals surface area contributed by atoms with Gasteiger partial charge in [-0.1, -0.05) is 18.2 Å². The second-order valence-electron chi connectivity index (χ2n) is 4.32. The molecule has 0 atom stereocenters. The van der Waals surface area contributed by atoms with E-state index in [9.17, 15) is 4.79 Å². The lowest BCUT2D eigenvalue weighted by molar-refractivity contribution is 0.0695. The lowest BCUT2D eigenvalue weighted by atomic mass is 10.1. The van der Waals surface area contributed by atoms with Crippen LogP contribution in [0, 0.1) is 13.8 Å². The van der Waals surface area contributed by atoms with Crippen molar-refractivity contribution in [3.8, 4) is 0 Å². The molecule has 0 fully saturated rings. The van der Waals surface area contributed by atoms with Gasteiger partial charge in [-0.3, -0.25) is 0 Å². The van der Waals surface area contributed by atoms with Crippen LogP contribution in [-0.2, 0) is 13.1 Å². The largest absolute Gasteiger partial charge is 0.478 e. The number of oxazole rings is 1. The van der Waals surface area contributed by atoms with Gasteiger partial charge in [-0.25, -0.2) is 9.78 Å². The maximum atomic E-state index is 11.0. The number of hydrogen-bond acceptors (Lipinski definition) is 4. The standard InChI is InChI=1S/C14H16N2O3/c1-9-10(2)19-13(16-9)8-15-7-11-5-3-4-6-12(11)14(17)18/h3-6,15H,7-8H2,1-2H3,(H,17,18). The number of aromatic carboxylic acids is 1. The molecular formula is C14H16N2O3. The maximum Gasteiger partial charge on any atom is 0.336 e. The van der Waals surface area contributed by atoms with Crippen LogP contribution in [0.2, 0.25) is 0 Å². The van der Waals surface area contributed by atoms with Gasteiger partial charge in [-0.2, -0.15) is 0 Å². The van der Waals surface area contributed by atoms with Gasteiger partial charge >= 0.3 is 5.97 Å². The predicted octanol–water partition coefficient (Wildman–Crippen LogP) is 2.28. The van der Waals surface area contributed by atoms with Gasteiger partial charge in [0.05, 0.1) is 17.8 Å². The molecule has 0 saturated heterocycles. The van der Waals surface area contributed by atoms with E-state index in [1.54, 1.807) is 18.2 Å². The predicted molar refractivity (Wildman–Crippen MR) is 69.9 cm³/mol. The molecular weight excluding hydrogens is 244 g/mol. The number of nitrogens with zero attached hydrogens (tertiary/aromatic N) is 1. The van der Waals surface area contributed by atoms with Gasteiger partial charge in [0.1, 0.15) is 5.76 Å². The Hall–Kier alpha value is -2.14. The fourth-order valence-electron chi connectivity index (χ4n) is 1.80. The monoisotopic (exact) mass is 260 g/mol. The first kappa shape index (κ1) is 13.3. The highest BCUT2D eigenvalue weighted by Crippen LogP contribution is 2.10. The van der Waals surface area contributed by atoms with Gasteiger partial charge in [-0.15, -0.1) is 0 Å². The summed E-state index contributed by atoms with van der Waals surface area (Å²) < 4.78 is 5.44. The minimum atomic E-state index is -0.916. The van der Waals surface area contributed by atoms with Crippen LogP contribution in [0.1, 0.15) is 33.3 Å². The third-order valence-corrected chi connectivity index (χ3v) is 2.91. The van der Waals surface area contributed by atoms with E-state index >= 15 is 0 Å². The topological polar surface area (TPSA) is 75.4 Å². The van der Waals surface area contributed by atoms with Gasteiger partial charge < -0.3 is 14.8 Å². The van der Waals surface area contributed by atoms with Crippen molar-refractivity contribution in [2.45, 2.75) is 26.9 Å². The summed E-state index contributed by atoms with van der Waals surface area (Å²) in [5.41, 5.74) is 1.94. The van der Waals surface area contributed by atoms with E-state index in [0.29, 0.717) is 24.5 Å². The van der Waals surface area contributed by atoms with Crippen molar-refractivity contribution in [2.24, 2.45) is 0 Å². The average Bonchev–Trinajstić information content (AvgIpc) is 2.69. The van der Waals surface area contributed by atoms with Crippen molar-refractivity contribution < 1.29 is 14.3 Å². The van der Waals surface area contributed by atoms with E-state index in [0.717, 1.165) is 17.0 Å². The lowest BCUT2D eigenvalue weighted by Crippen LogP contribution is -2.15. The molecule has 2 N–H and O–H groups in total. The highest BCUT2D eigenvalue weighted by Gasteiger charge is 2.09. The first-order chi connectivity index (χ1) is 9.08. The molecule has 5 heteroatoms. The Morgan fingerprint density at radius 1 is 1.32 bits per heavy atom. The number of carbonyl (C=O) groups is 1.